The molecule has 0 aliphatic carbocycles. The highest BCUT2D eigenvalue weighted by Crippen LogP contribution is 2.41. The van der Waals surface area contributed by atoms with E-state index in [0.29, 0.717) is 21.3 Å². The minimum Gasteiger partial charge on any atom is -0.277 e. The maximum atomic E-state index is 12.6. The Morgan fingerprint density at radius 3 is 2.61 bits per heavy atom. The molecule has 0 unspecified atom stereocenters. The molecular formula is C15H11Cl2NO2S3. The second-order valence-corrected chi connectivity index (χ2v) is 8.87. The fourth-order valence-electron chi connectivity index (χ4n) is 2.08. The summed E-state index contributed by atoms with van der Waals surface area (Å²) in [6.45, 7) is 1.67. The van der Waals surface area contributed by atoms with Crippen molar-refractivity contribution in [3.05, 3.63) is 56.0 Å². The van der Waals surface area contributed by atoms with E-state index < -0.39 is 10.0 Å². The van der Waals surface area contributed by atoms with Crippen LogP contribution in [-0.4, -0.2) is 8.42 Å². The smallest absolute Gasteiger partial charge is 0.262 e. The quantitative estimate of drug-likeness (QED) is 0.589. The highest BCUT2D eigenvalue weighted by Gasteiger charge is 2.21. The van der Waals surface area contributed by atoms with Crippen LogP contribution in [0.4, 0.5) is 5.69 Å². The molecule has 3 rings (SSSR count). The molecule has 8 heteroatoms. The van der Waals surface area contributed by atoms with Crippen LogP contribution in [0.2, 0.25) is 10.0 Å². The van der Waals surface area contributed by atoms with Gasteiger partial charge >= 0.3 is 0 Å². The fraction of sp³-hybridized carbons (Fsp3) is 0.0667. The first kappa shape index (κ1) is 16.8. The Bertz CT molecular complexity index is 947. The molecule has 0 aliphatic heterocycles. The number of anilines is 1. The predicted octanol–water partition coefficient (Wildman–Crippen LogP) is 5.89. The number of halogens is 2. The van der Waals surface area contributed by atoms with E-state index in [4.69, 9.17) is 23.2 Å². The van der Waals surface area contributed by atoms with E-state index >= 15 is 0 Å². The number of rotatable bonds is 4. The number of sulfonamides is 1. The molecule has 1 aromatic carbocycles. The van der Waals surface area contributed by atoms with E-state index in [2.05, 4.69) is 4.72 Å². The number of hydrogen-bond acceptors (Lipinski definition) is 4. The molecular weight excluding hydrogens is 393 g/mol. The highest BCUT2D eigenvalue weighted by atomic mass is 35.5. The van der Waals surface area contributed by atoms with Crippen LogP contribution in [0.3, 0.4) is 0 Å². The molecule has 3 nitrogen and oxygen atoms in total. The lowest BCUT2D eigenvalue weighted by Crippen LogP contribution is -2.14. The molecule has 0 aliphatic rings. The van der Waals surface area contributed by atoms with Crippen LogP contribution in [0.5, 0.6) is 0 Å². The van der Waals surface area contributed by atoms with Gasteiger partial charge in [0.25, 0.3) is 10.0 Å². The molecule has 120 valence electrons. The van der Waals surface area contributed by atoms with E-state index in [9.17, 15) is 8.42 Å². The van der Waals surface area contributed by atoms with Crippen molar-refractivity contribution in [2.45, 2.75) is 11.8 Å². The molecule has 0 saturated carbocycles. The molecule has 0 fully saturated rings. The van der Waals surface area contributed by atoms with Crippen molar-refractivity contribution >= 4 is 61.6 Å². The third-order valence-electron chi connectivity index (χ3n) is 3.27. The maximum Gasteiger partial charge on any atom is 0.262 e. The van der Waals surface area contributed by atoms with Gasteiger partial charge in [0.15, 0.2) is 0 Å². The van der Waals surface area contributed by atoms with Gasteiger partial charge in [0.2, 0.25) is 0 Å². The summed E-state index contributed by atoms with van der Waals surface area (Å²) >= 11 is 15.3. The van der Waals surface area contributed by atoms with Gasteiger partial charge in [-0.3, -0.25) is 4.72 Å². The van der Waals surface area contributed by atoms with Gasteiger partial charge in [0.1, 0.15) is 0 Å². The Labute approximate surface area is 152 Å². The van der Waals surface area contributed by atoms with Crippen LogP contribution in [0.25, 0.3) is 10.4 Å². The largest absolute Gasteiger partial charge is 0.277 e. The maximum absolute atomic E-state index is 12.6. The van der Waals surface area contributed by atoms with E-state index in [-0.39, 0.29) is 4.90 Å². The molecule has 0 atom stereocenters. The van der Waals surface area contributed by atoms with Crippen molar-refractivity contribution in [3.63, 3.8) is 0 Å². The Hall–Kier alpha value is -1.05. The average molecular weight is 404 g/mol. The summed E-state index contributed by atoms with van der Waals surface area (Å²) in [5, 5.41) is 6.42. The summed E-state index contributed by atoms with van der Waals surface area (Å²) in [7, 11) is -3.75. The lowest BCUT2D eigenvalue weighted by atomic mass is 10.2. The molecule has 0 bridgehead atoms. The molecule has 1 N–H and O–H groups in total. The standard InChI is InChI=1S/C15H11Cl2NO2S3/c1-9-11(16)3-2-4-13(9)23(19,20)18-12-8-22-15(14(12)17)10-5-6-21-7-10/h2-8,18H,1H3. The Kier molecular flexibility index (Phi) is 4.71. The molecule has 2 heterocycles. The lowest BCUT2D eigenvalue weighted by molar-refractivity contribution is 0.600. The monoisotopic (exact) mass is 403 g/mol. The topological polar surface area (TPSA) is 46.2 Å². The van der Waals surface area contributed by atoms with Crippen molar-refractivity contribution in [1.29, 1.82) is 0 Å². The molecule has 23 heavy (non-hydrogen) atoms. The van der Waals surface area contributed by atoms with Gasteiger partial charge in [0, 0.05) is 16.0 Å². The molecule has 0 spiro atoms. The van der Waals surface area contributed by atoms with E-state index in [1.807, 2.05) is 16.8 Å². The van der Waals surface area contributed by atoms with E-state index in [1.165, 1.54) is 17.4 Å². The first-order valence-electron chi connectivity index (χ1n) is 6.47. The minimum atomic E-state index is -3.75. The van der Waals surface area contributed by atoms with Crippen LogP contribution < -0.4 is 4.72 Å². The normalized spacial score (nSPS) is 11.6. The summed E-state index contributed by atoms with van der Waals surface area (Å²) < 4.78 is 27.8. The molecule has 2 aromatic heterocycles. The minimum absolute atomic E-state index is 0.143. The van der Waals surface area contributed by atoms with Crippen LogP contribution >= 0.6 is 45.9 Å². The number of benzene rings is 1. The second-order valence-electron chi connectivity index (χ2n) is 4.77. The number of hydrogen-bond donors (Lipinski definition) is 1. The van der Waals surface area contributed by atoms with Gasteiger partial charge in [-0.2, -0.15) is 11.3 Å². The zero-order valence-corrected chi connectivity index (χ0v) is 15.8. The van der Waals surface area contributed by atoms with Crippen molar-refractivity contribution in [2.24, 2.45) is 0 Å². The average Bonchev–Trinajstić information content (AvgIpc) is 3.12. The molecule has 3 aromatic rings. The van der Waals surface area contributed by atoms with Crippen LogP contribution in [-0.2, 0) is 10.0 Å². The third-order valence-corrected chi connectivity index (χ3v) is 7.40. The Morgan fingerprint density at radius 2 is 1.91 bits per heavy atom. The highest BCUT2D eigenvalue weighted by molar-refractivity contribution is 7.92. The molecule has 0 amide bonds. The second kappa shape index (κ2) is 6.45. The molecule has 0 saturated heterocycles. The Morgan fingerprint density at radius 1 is 1.13 bits per heavy atom. The van der Waals surface area contributed by atoms with Gasteiger partial charge in [-0.15, -0.1) is 11.3 Å². The van der Waals surface area contributed by atoms with Gasteiger partial charge in [-0.1, -0.05) is 29.3 Å². The van der Waals surface area contributed by atoms with E-state index in [0.717, 1.165) is 10.4 Å². The first-order chi connectivity index (χ1) is 10.9. The van der Waals surface area contributed by atoms with Crippen molar-refractivity contribution < 1.29 is 8.42 Å². The first-order valence-corrected chi connectivity index (χ1v) is 10.5. The zero-order chi connectivity index (χ0) is 16.6. The fourth-order valence-corrected chi connectivity index (χ4v) is 5.79. The third kappa shape index (κ3) is 3.27. The summed E-state index contributed by atoms with van der Waals surface area (Å²) in [6, 6.07) is 6.73. The number of thiophene rings is 2. The van der Waals surface area contributed by atoms with E-state index in [1.54, 1.807) is 35.8 Å². The lowest BCUT2D eigenvalue weighted by Gasteiger charge is -2.10. The number of nitrogens with one attached hydrogen (secondary N) is 1. The van der Waals surface area contributed by atoms with Gasteiger partial charge in [-0.05, 0) is 41.4 Å². The van der Waals surface area contributed by atoms with Gasteiger partial charge in [-0.25, -0.2) is 8.42 Å². The SMILES string of the molecule is Cc1c(Cl)cccc1S(=O)(=O)Nc1csc(-c2ccsc2)c1Cl. The summed E-state index contributed by atoms with van der Waals surface area (Å²) in [6.07, 6.45) is 0. The summed E-state index contributed by atoms with van der Waals surface area (Å²) in [4.78, 5) is 0.984. The van der Waals surface area contributed by atoms with Crippen molar-refractivity contribution in [3.8, 4) is 10.4 Å². The summed E-state index contributed by atoms with van der Waals surface area (Å²) in [5.74, 6) is 0. The van der Waals surface area contributed by atoms with Crippen molar-refractivity contribution in [2.75, 3.05) is 4.72 Å². The zero-order valence-electron chi connectivity index (χ0n) is 11.8. The molecule has 0 radical (unpaired) electrons. The van der Waals surface area contributed by atoms with Crippen molar-refractivity contribution in [1.82, 2.24) is 0 Å². The summed E-state index contributed by atoms with van der Waals surface area (Å²) in [5.41, 5.74) is 1.86. The predicted molar refractivity (Wildman–Crippen MR) is 99.6 cm³/mol. The Balaban J connectivity index is 1.97. The van der Waals surface area contributed by atoms with Crippen LogP contribution in [0.1, 0.15) is 5.56 Å². The van der Waals surface area contributed by atoms with Gasteiger partial charge in [0.05, 0.1) is 20.5 Å². The van der Waals surface area contributed by atoms with Crippen LogP contribution in [0.15, 0.2) is 45.3 Å². The van der Waals surface area contributed by atoms with Gasteiger partial charge < -0.3 is 0 Å². The van der Waals surface area contributed by atoms with Crippen LogP contribution in [0, 0.1) is 6.92 Å².